The predicted octanol–water partition coefficient (Wildman–Crippen LogP) is 12.1. The van der Waals surface area contributed by atoms with Crippen LogP contribution >= 0.6 is 0 Å². The number of benzene rings is 7. The third kappa shape index (κ3) is 4.54. The fourth-order valence-corrected chi connectivity index (χ4v) is 4.50. The highest BCUT2D eigenvalue weighted by atomic mass is 16.3. The molecule has 208 valence electrons. The van der Waals surface area contributed by atoms with E-state index in [9.17, 15) is 11.0 Å². The molecule has 0 N–H and O–H groups in total. The van der Waals surface area contributed by atoms with Crippen LogP contribution in [0.3, 0.4) is 0 Å². The van der Waals surface area contributed by atoms with Crippen molar-refractivity contribution in [2.75, 3.05) is 4.90 Å². The van der Waals surface area contributed by atoms with Crippen molar-refractivity contribution in [3.8, 4) is 33.4 Å². The van der Waals surface area contributed by atoms with Gasteiger partial charge in [-0.05, 0) is 64.6 Å². The minimum atomic E-state index is -1.28. The van der Waals surface area contributed by atoms with Crippen molar-refractivity contribution in [2.45, 2.75) is 0 Å². The zero-order valence-corrected chi connectivity index (χ0v) is 21.9. The van der Waals surface area contributed by atoms with Gasteiger partial charge in [0.15, 0.2) is 0 Å². The van der Waals surface area contributed by atoms with E-state index in [-0.39, 0.29) is 0 Å². The molecule has 0 aliphatic rings. The van der Waals surface area contributed by atoms with Crippen LogP contribution in [-0.4, -0.2) is 0 Å². The van der Waals surface area contributed by atoms with Crippen LogP contribution in [0.5, 0.6) is 0 Å². The first-order chi connectivity index (χ1) is 33.9. The van der Waals surface area contributed by atoms with Gasteiger partial charge in [0.2, 0.25) is 0 Å². The van der Waals surface area contributed by atoms with E-state index in [4.69, 9.17) is 33.2 Å². The Morgan fingerprint density at radius 2 is 1.05 bits per heavy atom. The van der Waals surface area contributed by atoms with Crippen LogP contribution in [0.4, 0.5) is 17.1 Å². The van der Waals surface area contributed by atoms with Crippen LogP contribution in [0.15, 0.2) is 180 Å². The largest absolute Gasteiger partial charge is 0.455 e. The highest BCUT2D eigenvalue weighted by Crippen LogP contribution is 2.48. The molecule has 2 heteroatoms. The fraction of sp³-hybridized carbons (Fsp3) is 0. The molecule has 0 bridgehead atoms. The molecule has 1 aromatic heterocycles. The molecular formula is C42H29NO. The van der Waals surface area contributed by atoms with Gasteiger partial charge in [0.05, 0.1) is 56.5 Å². The normalized spacial score (nSPS) is 20.4. The second-order valence-corrected chi connectivity index (χ2v) is 8.77. The van der Waals surface area contributed by atoms with E-state index in [0.29, 0.717) is 4.90 Å². The van der Waals surface area contributed by atoms with E-state index < -0.39 is 248 Å². The molecule has 2 nitrogen and oxygen atoms in total. The Morgan fingerprint density at radius 1 is 0.432 bits per heavy atom. The topological polar surface area (TPSA) is 16.4 Å². The molecule has 7 aromatic carbocycles. The van der Waals surface area contributed by atoms with E-state index >= 15 is 0 Å². The van der Waals surface area contributed by atoms with Gasteiger partial charge in [-0.1, -0.05) is 133 Å². The van der Waals surface area contributed by atoms with Gasteiger partial charge in [-0.3, -0.25) is 0 Å². The maximum absolute atomic E-state index is 9.82. The number of nitrogens with zero attached hydrogens (tertiary/aromatic N) is 1. The molecule has 1 heterocycles. The zero-order valence-electron chi connectivity index (χ0n) is 50.9. The number of furan rings is 1. The van der Waals surface area contributed by atoms with Crippen LogP contribution in [0.2, 0.25) is 0 Å². The Morgan fingerprint density at radius 3 is 1.84 bits per heavy atom. The lowest BCUT2D eigenvalue weighted by molar-refractivity contribution is 0.670. The average molecular weight is 593 g/mol. The van der Waals surface area contributed by atoms with Crippen LogP contribution in [-0.2, 0) is 0 Å². The van der Waals surface area contributed by atoms with E-state index in [1.165, 1.54) is 0 Å². The lowest BCUT2D eigenvalue weighted by Gasteiger charge is -2.29. The number of hydrogen-bond acceptors (Lipinski definition) is 2. The highest BCUT2D eigenvalue weighted by molar-refractivity contribution is 6.17. The van der Waals surface area contributed by atoms with Crippen molar-refractivity contribution in [3.63, 3.8) is 0 Å². The molecule has 0 unspecified atom stereocenters. The van der Waals surface area contributed by atoms with Gasteiger partial charge in [0, 0.05) is 22.2 Å². The molecule has 0 spiro atoms. The Labute approximate surface area is 297 Å². The van der Waals surface area contributed by atoms with Crippen LogP contribution in [0, 0.1) is 0 Å². The standard InChI is InChI=1S/C42H29NO/c1-4-15-30(16-5-1)32-19-14-20-33(29-32)35-23-10-12-25-38(35)43(34-21-8-3-9-22-34)39-28-27-36(31-17-6-2-7-18-31)42-41(39)37-24-11-13-26-40(37)44-42/h1-29H/i1D,2D,3D,4D,5D,6D,7D,8D,9D,10D,11D,12D,13D,14D,15D,16D,17D,18D,19D,20D,21D,22D,23D,24D,25D,26D,27D,28D,29D. The maximum Gasteiger partial charge on any atom is 0.145 e. The first-order valence-corrected chi connectivity index (χ1v) is 12.6. The molecule has 0 aliphatic heterocycles. The summed E-state index contributed by atoms with van der Waals surface area (Å²) in [5, 5.41) is -1.54. The van der Waals surface area contributed by atoms with E-state index in [1.807, 2.05) is 0 Å². The molecule has 0 saturated carbocycles. The Balaban J connectivity index is 1.73. The molecule has 8 aromatic rings. The van der Waals surface area contributed by atoms with Gasteiger partial charge in [0.25, 0.3) is 0 Å². The second kappa shape index (κ2) is 11.1. The Bertz CT molecular complexity index is 3780. The number of fused-ring (bicyclic) bond motifs is 3. The summed E-state index contributed by atoms with van der Waals surface area (Å²) in [6.07, 6.45) is 0. The molecular weight excluding hydrogens is 534 g/mol. The van der Waals surface area contributed by atoms with Gasteiger partial charge in [-0.25, -0.2) is 0 Å². The van der Waals surface area contributed by atoms with Crippen LogP contribution < -0.4 is 4.90 Å². The monoisotopic (exact) mass is 592 g/mol. The van der Waals surface area contributed by atoms with Crippen molar-refractivity contribution in [1.82, 2.24) is 0 Å². The minimum Gasteiger partial charge on any atom is -0.455 e. The summed E-state index contributed by atoms with van der Waals surface area (Å²) in [6.45, 7) is 0. The summed E-state index contributed by atoms with van der Waals surface area (Å²) >= 11 is 0. The first-order valence-electron chi connectivity index (χ1n) is 27.1. The molecule has 0 saturated heterocycles. The number of hydrogen-bond donors (Lipinski definition) is 0. The quantitative estimate of drug-likeness (QED) is 0.191. The van der Waals surface area contributed by atoms with Gasteiger partial charge in [0.1, 0.15) is 11.2 Å². The van der Waals surface area contributed by atoms with Crippen molar-refractivity contribution in [3.05, 3.63) is 175 Å². The third-order valence-corrected chi connectivity index (χ3v) is 6.30. The lowest BCUT2D eigenvalue weighted by Crippen LogP contribution is -2.11. The van der Waals surface area contributed by atoms with Crippen LogP contribution in [0.25, 0.3) is 55.3 Å². The lowest BCUT2D eigenvalue weighted by atomic mass is 9.96. The smallest absolute Gasteiger partial charge is 0.145 e. The van der Waals surface area contributed by atoms with Gasteiger partial charge < -0.3 is 9.32 Å². The van der Waals surface area contributed by atoms with Gasteiger partial charge >= 0.3 is 0 Å². The van der Waals surface area contributed by atoms with Crippen LogP contribution in [0.1, 0.15) is 39.8 Å². The third-order valence-electron chi connectivity index (χ3n) is 6.30. The Kier molecular flexibility index (Phi) is 2.41. The number of rotatable bonds is 6. The summed E-state index contributed by atoms with van der Waals surface area (Å²) < 4.78 is 263. The SMILES string of the molecule is [2H]c1c([2H])c([2H])c(-c2c([2H])c([2H])c([2H])c(-c3c([2H])c([2H])c([2H])c([2H])c3N(c3c([2H])c([2H])c([2H])c([2H])c3[2H])c3c([2H])c([2H])c(-c4c([2H])c([2H])c([2H])c([2H])c4[2H])c4oc5c([2H])c([2H])c([2H])c([2H])c5c34)c2[2H])c([2H])c1[2H]. The molecule has 8 rings (SSSR count). The number of para-hydroxylation sites is 3. The fourth-order valence-electron chi connectivity index (χ4n) is 4.50. The Hall–Kier alpha value is -5.86. The molecule has 0 atom stereocenters. The zero-order chi connectivity index (χ0) is 54.5. The van der Waals surface area contributed by atoms with E-state index in [1.54, 1.807) is 0 Å². The van der Waals surface area contributed by atoms with E-state index in [2.05, 4.69) is 0 Å². The van der Waals surface area contributed by atoms with Crippen molar-refractivity contribution in [2.24, 2.45) is 0 Å². The van der Waals surface area contributed by atoms with Crippen molar-refractivity contribution < 1.29 is 44.2 Å². The summed E-state index contributed by atoms with van der Waals surface area (Å²) in [4.78, 5) is 0.388. The van der Waals surface area contributed by atoms with Crippen molar-refractivity contribution >= 4 is 39.0 Å². The first kappa shape index (κ1) is 9.57. The highest BCUT2D eigenvalue weighted by Gasteiger charge is 2.23. The molecule has 0 radical (unpaired) electrons. The summed E-state index contributed by atoms with van der Waals surface area (Å²) in [5.74, 6) is 0. The molecule has 0 aliphatic carbocycles. The predicted molar refractivity (Wildman–Crippen MR) is 185 cm³/mol. The number of anilines is 3. The van der Waals surface area contributed by atoms with E-state index in [0.717, 1.165) is 0 Å². The molecule has 0 fully saturated rings. The summed E-state index contributed by atoms with van der Waals surface area (Å²) in [5.41, 5.74) is -10.6. The summed E-state index contributed by atoms with van der Waals surface area (Å²) in [6, 6.07) is -31.1. The second-order valence-electron chi connectivity index (χ2n) is 8.77. The van der Waals surface area contributed by atoms with Gasteiger partial charge in [-0.15, -0.1) is 0 Å². The minimum absolute atomic E-state index is 0.388. The molecule has 44 heavy (non-hydrogen) atoms. The molecule has 0 amide bonds. The van der Waals surface area contributed by atoms with Gasteiger partial charge in [-0.2, -0.15) is 0 Å². The average Bonchev–Trinajstić information content (AvgIpc) is 3.75. The maximum atomic E-state index is 9.82. The van der Waals surface area contributed by atoms with Crippen molar-refractivity contribution in [1.29, 1.82) is 0 Å². The summed E-state index contributed by atoms with van der Waals surface area (Å²) in [7, 11) is 0.